The summed E-state index contributed by atoms with van der Waals surface area (Å²) in [5.74, 6) is -0.371. The lowest BCUT2D eigenvalue weighted by atomic mass is 9.74. The molecule has 0 aliphatic carbocycles. The zero-order chi connectivity index (χ0) is 13.7. The van der Waals surface area contributed by atoms with Crippen LogP contribution in [0.4, 0.5) is 0 Å². The van der Waals surface area contributed by atoms with E-state index in [4.69, 9.17) is 11.5 Å². The van der Waals surface area contributed by atoms with Gasteiger partial charge in [-0.15, -0.1) is 0 Å². The highest BCUT2D eigenvalue weighted by Crippen LogP contribution is 2.28. The molecule has 0 fully saturated rings. The molecule has 0 rings (SSSR count). The van der Waals surface area contributed by atoms with E-state index in [0.29, 0.717) is 19.4 Å². The van der Waals surface area contributed by atoms with Crippen LogP contribution in [0.1, 0.15) is 47.0 Å². The molecule has 0 atom stereocenters. The molecule has 0 bridgehead atoms. The van der Waals surface area contributed by atoms with E-state index in [1.54, 1.807) is 0 Å². The van der Waals surface area contributed by atoms with Gasteiger partial charge in [0.15, 0.2) is 0 Å². The molecular formula is C12H25N3O2. The average molecular weight is 243 g/mol. The lowest BCUT2D eigenvalue weighted by Gasteiger charge is -2.36. The van der Waals surface area contributed by atoms with E-state index in [-0.39, 0.29) is 11.8 Å². The van der Waals surface area contributed by atoms with Gasteiger partial charge in [0.1, 0.15) is 0 Å². The lowest BCUT2D eigenvalue weighted by Crippen LogP contribution is -2.55. The molecule has 0 saturated carbocycles. The largest absolute Gasteiger partial charge is 0.370 e. The van der Waals surface area contributed by atoms with Crippen molar-refractivity contribution in [3.05, 3.63) is 0 Å². The van der Waals surface area contributed by atoms with Crippen LogP contribution in [-0.4, -0.2) is 23.9 Å². The van der Waals surface area contributed by atoms with Crippen molar-refractivity contribution in [1.82, 2.24) is 5.32 Å². The van der Waals surface area contributed by atoms with Gasteiger partial charge >= 0.3 is 0 Å². The fourth-order valence-corrected chi connectivity index (χ4v) is 1.14. The zero-order valence-electron chi connectivity index (χ0n) is 11.3. The first-order valence-corrected chi connectivity index (χ1v) is 5.94. The molecule has 0 aromatic heterocycles. The van der Waals surface area contributed by atoms with Gasteiger partial charge in [0.05, 0.1) is 5.41 Å². The number of carbonyl (C=O) groups is 2. The van der Waals surface area contributed by atoms with Gasteiger partial charge in [0.25, 0.3) is 0 Å². The highest BCUT2D eigenvalue weighted by molar-refractivity contribution is 5.83. The standard InChI is InChI=1S/C12H25N3O2/c1-11(2,12(3,4)14)10(17)15-8-6-5-7-9(13)16/h5-8,14H2,1-4H3,(H2,13,16)(H,15,17). The molecule has 5 heteroatoms. The molecule has 0 radical (unpaired) electrons. The summed E-state index contributed by atoms with van der Waals surface area (Å²) in [6, 6.07) is 0. The SMILES string of the molecule is CC(C)(N)C(C)(C)C(=O)NCCCCC(N)=O. The molecular weight excluding hydrogens is 218 g/mol. The van der Waals surface area contributed by atoms with Crippen LogP contribution in [0.25, 0.3) is 0 Å². The first-order valence-electron chi connectivity index (χ1n) is 5.94. The van der Waals surface area contributed by atoms with Gasteiger partial charge in [-0.05, 0) is 40.5 Å². The number of carbonyl (C=O) groups excluding carboxylic acids is 2. The van der Waals surface area contributed by atoms with Crippen LogP contribution in [0.3, 0.4) is 0 Å². The highest BCUT2D eigenvalue weighted by atomic mass is 16.2. The number of hydrogen-bond acceptors (Lipinski definition) is 3. The van der Waals surface area contributed by atoms with Gasteiger partial charge in [-0.25, -0.2) is 0 Å². The van der Waals surface area contributed by atoms with E-state index in [1.165, 1.54) is 0 Å². The number of amides is 2. The number of nitrogens with one attached hydrogen (secondary N) is 1. The number of nitrogens with two attached hydrogens (primary N) is 2. The third-order valence-corrected chi connectivity index (χ3v) is 3.31. The summed E-state index contributed by atoms with van der Waals surface area (Å²) in [4.78, 5) is 22.4. The Morgan fingerprint density at radius 3 is 2.06 bits per heavy atom. The molecule has 100 valence electrons. The van der Waals surface area contributed by atoms with Crippen LogP contribution in [0.15, 0.2) is 0 Å². The summed E-state index contributed by atoms with van der Waals surface area (Å²) >= 11 is 0. The minimum Gasteiger partial charge on any atom is -0.370 e. The Labute approximate surface area is 103 Å². The molecule has 0 aliphatic heterocycles. The van der Waals surface area contributed by atoms with Gasteiger partial charge in [-0.1, -0.05) is 0 Å². The minimum absolute atomic E-state index is 0.0657. The molecule has 0 saturated heterocycles. The van der Waals surface area contributed by atoms with Crippen molar-refractivity contribution >= 4 is 11.8 Å². The second-order valence-electron chi connectivity index (χ2n) is 5.53. The maximum atomic E-state index is 11.9. The van der Waals surface area contributed by atoms with Crippen molar-refractivity contribution in [2.24, 2.45) is 16.9 Å². The molecule has 5 N–H and O–H groups in total. The second kappa shape index (κ2) is 6.00. The summed E-state index contributed by atoms with van der Waals surface area (Å²) in [5.41, 5.74) is 9.77. The Morgan fingerprint density at radius 2 is 1.65 bits per heavy atom. The normalized spacial score (nSPS) is 12.3. The van der Waals surface area contributed by atoms with Crippen LogP contribution in [0, 0.1) is 5.41 Å². The number of unbranched alkanes of at least 4 members (excludes halogenated alkanes) is 1. The molecule has 5 nitrogen and oxygen atoms in total. The predicted octanol–water partition coefficient (Wildman–Crippen LogP) is 0.522. The van der Waals surface area contributed by atoms with Crippen LogP contribution < -0.4 is 16.8 Å². The second-order valence-corrected chi connectivity index (χ2v) is 5.53. The minimum atomic E-state index is -0.628. The Morgan fingerprint density at radius 1 is 1.12 bits per heavy atom. The number of rotatable bonds is 7. The van der Waals surface area contributed by atoms with Crippen molar-refractivity contribution in [2.75, 3.05) is 6.54 Å². The van der Waals surface area contributed by atoms with E-state index < -0.39 is 11.0 Å². The number of hydrogen-bond donors (Lipinski definition) is 3. The van der Waals surface area contributed by atoms with E-state index in [0.717, 1.165) is 6.42 Å². The van der Waals surface area contributed by atoms with Gasteiger partial charge in [-0.3, -0.25) is 9.59 Å². The molecule has 0 heterocycles. The summed E-state index contributed by atoms with van der Waals surface area (Å²) in [6.07, 6.45) is 1.81. The zero-order valence-corrected chi connectivity index (χ0v) is 11.3. The Hall–Kier alpha value is -1.10. The van der Waals surface area contributed by atoms with Crippen LogP contribution in [-0.2, 0) is 9.59 Å². The maximum Gasteiger partial charge on any atom is 0.227 e. The van der Waals surface area contributed by atoms with Gasteiger partial charge in [0.2, 0.25) is 11.8 Å². The topological polar surface area (TPSA) is 98.2 Å². The summed E-state index contributed by atoms with van der Waals surface area (Å²) in [7, 11) is 0. The van der Waals surface area contributed by atoms with E-state index in [2.05, 4.69) is 5.32 Å². The van der Waals surface area contributed by atoms with Gasteiger partial charge < -0.3 is 16.8 Å². The predicted molar refractivity (Wildman–Crippen MR) is 68.1 cm³/mol. The lowest BCUT2D eigenvalue weighted by molar-refractivity contribution is -0.132. The molecule has 17 heavy (non-hydrogen) atoms. The smallest absolute Gasteiger partial charge is 0.227 e. The molecule has 0 spiro atoms. The Bertz CT molecular complexity index is 280. The highest BCUT2D eigenvalue weighted by Gasteiger charge is 2.39. The first kappa shape index (κ1) is 15.9. The quantitative estimate of drug-likeness (QED) is 0.568. The summed E-state index contributed by atoms with van der Waals surface area (Å²) < 4.78 is 0. The van der Waals surface area contributed by atoms with Crippen molar-refractivity contribution in [1.29, 1.82) is 0 Å². The third kappa shape index (κ3) is 5.17. The monoisotopic (exact) mass is 243 g/mol. The first-order chi connectivity index (χ1) is 7.59. The van der Waals surface area contributed by atoms with Crippen molar-refractivity contribution < 1.29 is 9.59 Å². The van der Waals surface area contributed by atoms with Crippen LogP contribution >= 0.6 is 0 Å². The third-order valence-electron chi connectivity index (χ3n) is 3.31. The fourth-order valence-electron chi connectivity index (χ4n) is 1.14. The van der Waals surface area contributed by atoms with Crippen LogP contribution in [0.5, 0.6) is 0 Å². The van der Waals surface area contributed by atoms with Crippen molar-refractivity contribution in [2.45, 2.75) is 52.5 Å². The van der Waals surface area contributed by atoms with Crippen LogP contribution in [0.2, 0.25) is 0 Å². The molecule has 0 aromatic rings. The Kier molecular flexibility index (Phi) is 5.61. The molecule has 0 unspecified atom stereocenters. The average Bonchev–Trinajstić information content (AvgIpc) is 2.14. The Balaban J connectivity index is 3.99. The van der Waals surface area contributed by atoms with E-state index >= 15 is 0 Å². The van der Waals surface area contributed by atoms with Gasteiger partial charge in [-0.2, -0.15) is 0 Å². The van der Waals surface area contributed by atoms with Crippen molar-refractivity contribution in [3.63, 3.8) is 0 Å². The molecule has 2 amide bonds. The molecule has 0 aromatic carbocycles. The maximum absolute atomic E-state index is 11.9. The van der Waals surface area contributed by atoms with E-state index in [1.807, 2.05) is 27.7 Å². The fraction of sp³-hybridized carbons (Fsp3) is 0.833. The molecule has 0 aliphatic rings. The van der Waals surface area contributed by atoms with Crippen molar-refractivity contribution in [3.8, 4) is 0 Å². The summed E-state index contributed by atoms with van der Waals surface area (Å²) in [6.45, 7) is 7.86. The number of primary amides is 1. The van der Waals surface area contributed by atoms with E-state index in [9.17, 15) is 9.59 Å². The van der Waals surface area contributed by atoms with Gasteiger partial charge in [0, 0.05) is 18.5 Å². The summed E-state index contributed by atoms with van der Waals surface area (Å²) in [5, 5.41) is 2.83.